The minimum Gasteiger partial charge on any atom is -0.455 e. The first-order valence-corrected chi connectivity index (χ1v) is 9.95. The Morgan fingerprint density at radius 2 is 1.86 bits per heavy atom. The third kappa shape index (κ3) is 3.49. The molecule has 0 aliphatic carbocycles. The number of para-hydroxylation sites is 1. The van der Waals surface area contributed by atoms with Crippen molar-refractivity contribution >= 4 is 28.2 Å². The van der Waals surface area contributed by atoms with Crippen LogP contribution in [-0.2, 0) is 6.42 Å². The first kappa shape index (κ1) is 18.2. The van der Waals surface area contributed by atoms with Crippen molar-refractivity contribution in [2.24, 2.45) is 0 Å². The van der Waals surface area contributed by atoms with Gasteiger partial charge in [-0.25, -0.2) is 0 Å². The van der Waals surface area contributed by atoms with Gasteiger partial charge in [-0.3, -0.25) is 9.59 Å². The topological polar surface area (TPSA) is 59.3 Å². The van der Waals surface area contributed by atoms with Crippen molar-refractivity contribution < 1.29 is 9.21 Å². The Hall–Kier alpha value is -3.18. The van der Waals surface area contributed by atoms with E-state index in [9.17, 15) is 9.59 Å². The van der Waals surface area contributed by atoms with Crippen LogP contribution in [0.5, 0.6) is 0 Å². The SMILES string of the molecule is Cc1c(-c2ccccc2)oc2c(C(=O)NCCc3cccs3)cccc2c1=O. The molecule has 5 heteroatoms. The lowest BCUT2D eigenvalue weighted by Gasteiger charge is -2.10. The summed E-state index contributed by atoms with van der Waals surface area (Å²) in [5.74, 6) is 0.255. The molecule has 4 aromatic rings. The van der Waals surface area contributed by atoms with Crippen LogP contribution in [0.15, 0.2) is 75.3 Å². The summed E-state index contributed by atoms with van der Waals surface area (Å²) < 4.78 is 6.11. The number of fused-ring (bicyclic) bond motifs is 1. The standard InChI is InChI=1S/C23H19NO3S/c1-15-20(25)18-10-5-11-19(23(26)24-13-12-17-9-6-14-28-17)22(18)27-21(15)16-7-3-2-4-8-16/h2-11,14H,12-13H2,1H3,(H,24,26). The smallest absolute Gasteiger partial charge is 0.255 e. The van der Waals surface area contributed by atoms with Crippen molar-refractivity contribution in [3.63, 3.8) is 0 Å². The molecular formula is C23H19NO3S. The van der Waals surface area contributed by atoms with Crippen molar-refractivity contribution in [3.8, 4) is 11.3 Å². The number of carbonyl (C=O) groups excluding carboxylic acids is 1. The fourth-order valence-electron chi connectivity index (χ4n) is 3.20. The maximum absolute atomic E-state index is 12.9. The average Bonchev–Trinajstić information content (AvgIpc) is 3.24. The molecule has 0 spiro atoms. The van der Waals surface area contributed by atoms with Gasteiger partial charge in [-0.05, 0) is 36.9 Å². The second-order valence-electron chi connectivity index (χ2n) is 6.52. The van der Waals surface area contributed by atoms with E-state index in [0.717, 1.165) is 12.0 Å². The second kappa shape index (κ2) is 7.82. The predicted octanol–water partition coefficient (Wildman–Crippen LogP) is 4.80. The summed E-state index contributed by atoms with van der Waals surface area (Å²) in [7, 11) is 0. The molecule has 0 radical (unpaired) electrons. The van der Waals surface area contributed by atoms with E-state index in [1.807, 2.05) is 47.8 Å². The van der Waals surface area contributed by atoms with Crippen molar-refractivity contribution in [3.05, 3.63) is 92.3 Å². The lowest BCUT2D eigenvalue weighted by atomic mass is 10.0. The molecule has 0 saturated heterocycles. The normalized spacial score (nSPS) is 10.9. The monoisotopic (exact) mass is 389 g/mol. The number of hydrogen-bond acceptors (Lipinski definition) is 4. The van der Waals surface area contributed by atoms with Crippen LogP contribution in [0.1, 0.15) is 20.8 Å². The molecule has 1 N–H and O–H groups in total. The number of hydrogen-bond donors (Lipinski definition) is 1. The van der Waals surface area contributed by atoms with Crippen LogP contribution in [-0.4, -0.2) is 12.5 Å². The highest BCUT2D eigenvalue weighted by Gasteiger charge is 2.18. The molecular weight excluding hydrogens is 370 g/mol. The fourth-order valence-corrected chi connectivity index (χ4v) is 3.91. The van der Waals surface area contributed by atoms with Gasteiger partial charge in [0.15, 0.2) is 11.0 Å². The summed E-state index contributed by atoms with van der Waals surface area (Å²) >= 11 is 1.66. The highest BCUT2D eigenvalue weighted by Crippen LogP contribution is 2.27. The zero-order valence-corrected chi connectivity index (χ0v) is 16.2. The Bertz CT molecular complexity index is 1180. The molecule has 1 amide bonds. The molecule has 0 aliphatic heterocycles. The van der Waals surface area contributed by atoms with Gasteiger partial charge in [-0.1, -0.05) is 42.5 Å². The van der Waals surface area contributed by atoms with E-state index >= 15 is 0 Å². The zero-order valence-electron chi connectivity index (χ0n) is 15.4. The molecule has 2 aromatic carbocycles. The summed E-state index contributed by atoms with van der Waals surface area (Å²) in [6.45, 7) is 2.28. The number of amides is 1. The first-order chi connectivity index (χ1) is 13.6. The number of carbonyl (C=O) groups is 1. The highest BCUT2D eigenvalue weighted by molar-refractivity contribution is 7.09. The molecule has 0 fully saturated rings. The Kier molecular flexibility index (Phi) is 5.08. The van der Waals surface area contributed by atoms with Crippen LogP contribution >= 0.6 is 11.3 Å². The summed E-state index contributed by atoms with van der Waals surface area (Å²) in [5.41, 5.74) is 1.93. The van der Waals surface area contributed by atoms with Crippen molar-refractivity contribution in [2.75, 3.05) is 6.54 Å². The first-order valence-electron chi connectivity index (χ1n) is 9.07. The lowest BCUT2D eigenvalue weighted by Crippen LogP contribution is -2.26. The summed E-state index contributed by atoms with van der Waals surface area (Å²) in [6, 6.07) is 18.6. The van der Waals surface area contributed by atoms with Crippen LogP contribution in [0.2, 0.25) is 0 Å². The van der Waals surface area contributed by atoms with Gasteiger partial charge in [0.25, 0.3) is 5.91 Å². The number of nitrogens with one attached hydrogen (secondary N) is 1. The molecule has 28 heavy (non-hydrogen) atoms. The third-order valence-corrected chi connectivity index (χ3v) is 5.60. The van der Waals surface area contributed by atoms with Gasteiger partial charge >= 0.3 is 0 Å². The van der Waals surface area contributed by atoms with Gasteiger partial charge in [0.05, 0.1) is 10.9 Å². The molecule has 0 bridgehead atoms. The van der Waals surface area contributed by atoms with E-state index in [2.05, 4.69) is 5.32 Å². The maximum atomic E-state index is 12.9. The Morgan fingerprint density at radius 3 is 2.61 bits per heavy atom. The van der Waals surface area contributed by atoms with Crippen molar-refractivity contribution in [1.82, 2.24) is 5.32 Å². The Morgan fingerprint density at radius 1 is 1.04 bits per heavy atom. The van der Waals surface area contributed by atoms with Gasteiger partial charge in [-0.15, -0.1) is 11.3 Å². The van der Waals surface area contributed by atoms with E-state index in [0.29, 0.717) is 34.4 Å². The molecule has 0 atom stereocenters. The van der Waals surface area contributed by atoms with Crippen LogP contribution in [0, 0.1) is 6.92 Å². The average molecular weight is 389 g/mol. The minimum absolute atomic E-state index is 0.117. The Labute approximate surface area is 166 Å². The quantitative estimate of drug-likeness (QED) is 0.533. The highest BCUT2D eigenvalue weighted by atomic mass is 32.1. The predicted molar refractivity (Wildman–Crippen MR) is 113 cm³/mol. The van der Waals surface area contributed by atoms with E-state index in [1.54, 1.807) is 36.5 Å². The van der Waals surface area contributed by atoms with Crippen LogP contribution in [0.4, 0.5) is 0 Å². The van der Waals surface area contributed by atoms with Crippen molar-refractivity contribution in [2.45, 2.75) is 13.3 Å². The van der Waals surface area contributed by atoms with Crippen molar-refractivity contribution in [1.29, 1.82) is 0 Å². The molecule has 0 unspecified atom stereocenters. The maximum Gasteiger partial charge on any atom is 0.255 e. The molecule has 4 nitrogen and oxygen atoms in total. The van der Waals surface area contributed by atoms with E-state index < -0.39 is 0 Å². The van der Waals surface area contributed by atoms with Gasteiger partial charge in [0, 0.05) is 22.5 Å². The summed E-state index contributed by atoms with van der Waals surface area (Å²) in [6.07, 6.45) is 0.770. The molecule has 4 rings (SSSR count). The third-order valence-electron chi connectivity index (χ3n) is 4.66. The minimum atomic E-state index is -0.242. The number of thiophene rings is 1. The van der Waals surface area contributed by atoms with Crippen LogP contribution in [0.25, 0.3) is 22.3 Å². The molecule has 140 valence electrons. The molecule has 2 heterocycles. The number of rotatable bonds is 5. The van der Waals surface area contributed by atoms with Crippen LogP contribution < -0.4 is 10.7 Å². The number of benzene rings is 2. The lowest BCUT2D eigenvalue weighted by molar-refractivity contribution is 0.0955. The second-order valence-corrected chi connectivity index (χ2v) is 7.55. The van der Waals surface area contributed by atoms with Gasteiger partial charge in [0.2, 0.25) is 0 Å². The zero-order chi connectivity index (χ0) is 19.5. The molecule has 0 saturated carbocycles. The summed E-state index contributed by atoms with van der Waals surface area (Å²) in [4.78, 5) is 26.9. The van der Waals surface area contributed by atoms with Crippen LogP contribution in [0.3, 0.4) is 0 Å². The molecule has 2 aromatic heterocycles. The Balaban J connectivity index is 1.71. The largest absolute Gasteiger partial charge is 0.455 e. The van der Waals surface area contributed by atoms with E-state index in [-0.39, 0.29) is 11.3 Å². The van der Waals surface area contributed by atoms with E-state index in [1.165, 1.54) is 4.88 Å². The summed E-state index contributed by atoms with van der Waals surface area (Å²) in [5, 5.41) is 5.37. The van der Waals surface area contributed by atoms with E-state index in [4.69, 9.17) is 4.42 Å². The van der Waals surface area contributed by atoms with Gasteiger partial charge in [-0.2, -0.15) is 0 Å². The molecule has 0 aliphatic rings. The van der Waals surface area contributed by atoms with Gasteiger partial charge < -0.3 is 9.73 Å². The fraction of sp³-hybridized carbons (Fsp3) is 0.130. The van der Waals surface area contributed by atoms with Gasteiger partial charge in [0.1, 0.15) is 5.76 Å².